The van der Waals surface area contributed by atoms with Gasteiger partial charge < -0.3 is 10.1 Å². The quantitative estimate of drug-likeness (QED) is 0.794. The molecule has 0 saturated carbocycles. The van der Waals surface area contributed by atoms with Crippen molar-refractivity contribution in [3.05, 3.63) is 28.2 Å². The third-order valence-electron chi connectivity index (χ3n) is 2.10. The van der Waals surface area contributed by atoms with Crippen LogP contribution in [0.2, 0.25) is 0 Å². The largest absolute Gasteiger partial charge is 0.491 e. The number of halogens is 1. The van der Waals surface area contributed by atoms with Gasteiger partial charge in [0.25, 0.3) is 0 Å². The Bertz CT molecular complexity index is 301. The van der Waals surface area contributed by atoms with E-state index in [0.717, 1.165) is 16.8 Å². The van der Waals surface area contributed by atoms with Crippen LogP contribution in [0.3, 0.4) is 0 Å². The number of rotatable bonds is 1. The zero-order chi connectivity index (χ0) is 8.55. The number of hydrogen-bond donors (Lipinski definition) is 1. The lowest BCUT2D eigenvalue weighted by Crippen LogP contribution is -2.16. The minimum atomic E-state index is 0.355. The Balaban J connectivity index is 2.40. The highest BCUT2D eigenvalue weighted by molar-refractivity contribution is 9.10. The Morgan fingerprint density at radius 3 is 3.17 bits per heavy atom. The maximum atomic E-state index is 5.49. The third-order valence-corrected chi connectivity index (χ3v) is 2.60. The van der Waals surface area contributed by atoms with E-state index >= 15 is 0 Å². The molecule has 0 saturated heterocycles. The van der Waals surface area contributed by atoms with E-state index in [1.807, 2.05) is 19.2 Å². The maximum Gasteiger partial charge on any atom is 0.125 e. The van der Waals surface area contributed by atoms with Gasteiger partial charge in [-0.15, -0.1) is 0 Å². The van der Waals surface area contributed by atoms with Crippen molar-refractivity contribution in [1.82, 2.24) is 5.32 Å². The smallest absolute Gasteiger partial charge is 0.125 e. The lowest BCUT2D eigenvalue weighted by molar-refractivity contribution is 0.318. The Kier molecular flexibility index (Phi) is 2.07. The molecule has 1 atom stereocenters. The summed E-state index contributed by atoms with van der Waals surface area (Å²) < 4.78 is 6.56. The molecule has 64 valence electrons. The van der Waals surface area contributed by atoms with Gasteiger partial charge in [0.05, 0.1) is 6.04 Å². The molecule has 0 aliphatic carbocycles. The van der Waals surface area contributed by atoms with Crippen molar-refractivity contribution in [2.24, 2.45) is 0 Å². The van der Waals surface area contributed by atoms with Gasteiger partial charge in [-0.25, -0.2) is 0 Å². The number of hydrogen-bond acceptors (Lipinski definition) is 2. The average molecular weight is 228 g/mol. The molecular formula is C9H10BrNO. The Morgan fingerprint density at radius 1 is 1.58 bits per heavy atom. The van der Waals surface area contributed by atoms with E-state index in [9.17, 15) is 0 Å². The number of ether oxygens (including phenoxy) is 1. The van der Waals surface area contributed by atoms with Crippen molar-refractivity contribution in [1.29, 1.82) is 0 Å². The van der Waals surface area contributed by atoms with E-state index in [1.165, 1.54) is 5.56 Å². The lowest BCUT2D eigenvalue weighted by Gasteiger charge is -2.05. The van der Waals surface area contributed by atoms with Crippen molar-refractivity contribution in [2.75, 3.05) is 13.7 Å². The molecule has 0 fully saturated rings. The zero-order valence-electron chi connectivity index (χ0n) is 6.80. The van der Waals surface area contributed by atoms with Gasteiger partial charge in [0.15, 0.2) is 0 Å². The van der Waals surface area contributed by atoms with Crippen LogP contribution in [-0.2, 0) is 0 Å². The van der Waals surface area contributed by atoms with Crippen LogP contribution in [0, 0.1) is 0 Å². The van der Waals surface area contributed by atoms with E-state index in [2.05, 4.69) is 27.3 Å². The molecule has 1 aromatic rings. The average Bonchev–Trinajstić information content (AvgIpc) is 2.46. The molecule has 0 amide bonds. The van der Waals surface area contributed by atoms with Crippen LogP contribution in [0.5, 0.6) is 5.75 Å². The first-order valence-corrected chi connectivity index (χ1v) is 4.70. The Morgan fingerprint density at radius 2 is 2.42 bits per heavy atom. The molecule has 0 unspecified atom stereocenters. The highest BCUT2D eigenvalue weighted by atomic mass is 79.9. The summed E-state index contributed by atoms with van der Waals surface area (Å²) in [7, 11) is 1.95. The van der Waals surface area contributed by atoms with Crippen LogP contribution >= 0.6 is 15.9 Å². The van der Waals surface area contributed by atoms with E-state index in [1.54, 1.807) is 0 Å². The van der Waals surface area contributed by atoms with Crippen LogP contribution in [0.25, 0.3) is 0 Å². The van der Waals surface area contributed by atoms with Gasteiger partial charge in [0.1, 0.15) is 12.4 Å². The second kappa shape index (κ2) is 3.07. The van der Waals surface area contributed by atoms with Crippen LogP contribution in [-0.4, -0.2) is 13.7 Å². The van der Waals surface area contributed by atoms with Crippen LogP contribution in [0.15, 0.2) is 22.7 Å². The summed E-state index contributed by atoms with van der Waals surface area (Å²) in [6.45, 7) is 0.738. The molecule has 1 N–H and O–H groups in total. The predicted molar refractivity (Wildman–Crippen MR) is 51.4 cm³/mol. The second-order valence-electron chi connectivity index (χ2n) is 2.83. The summed E-state index contributed by atoms with van der Waals surface area (Å²) in [4.78, 5) is 0. The van der Waals surface area contributed by atoms with E-state index in [0.29, 0.717) is 6.04 Å². The van der Waals surface area contributed by atoms with Crippen LogP contribution in [0.4, 0.5) is 0 Å². The van der Waals surface area contributed by atoms with Crippen molar-refractivity contribution in [3.63, 3.8) is 0 Å². The highest BCUT2D eigenvalue weighted by Gasteiger charge is 2.21. The molecule has 2 nitrogen and oxygen atoms in total. The Hall–Kier alpha value is -0.540. The molecular weight excluding hydrogens is 218 g/mol. The summed E-state index contributed by atoms with van der Waals surface area (Å²) in [6, 6.07) is 6.49. The maximum absolute atomic E-state index is 5.49. The van der Waals surface area contributed by atoms with Gasteiger partial charge in [-0.05, 0) is 19.2 Å². The Labute approximate surface area is 80.1 Å². The van der Waals surface area contributed by atoms with Gasteiger partial charge in [-0.1, -0.05) is 22.0 Å². The fourth-order valence-electron chi connectivity index (χ4n) is 1.42. The second-order valence-corrected chi connectivity index (χ2v) is 3.75. The third kappa shape index (κ3) is 1.23. The van der Waals surface area contributed by atoms with Crippen molar-refractivity contribution >= 4 is 15.9 Å². The summed E-state index contributed by atoms with van der Waals surface area (Å²) in [5.74, 6) is 0.990. The molecule has 1 aliphatic heterocycles. The minimum absolute atomic E-state index is 0.355. The van der Waals surface area contributed by atoms with Crippen molar-refractivity contribution < 1.29 is 4.74 Å². The molecule has 0 bridgehead atoms. The SMILES string of the molecule is CN[C@@H]1COc2cc(Br)ccc21. The molecule has 3 heteroatoms. The number of fused-ring (bicyclic) bond motifs is 1. The van der Waals surface area contributed by atoms with E-state index in [-0.39, 0.29) is 0 Å². The van der Waals surface area contributed by atoms with Crippen LogP contribution in [0.1, 0.15) is 11.6 Å². The monoisotopic (exact) mass is 227 g/mol. The molecule has 0 spiro atoms. The number of benzene rings is 1. The van der Waals surface area contributed by atoms with Crippen molar-refractivity contribution in [2.45, 2.75) is 6.04 Å². The van der Waals surface area contributed by atoms with E-state index < -0.39 is 0 Å². The summed E-state index contributed by atoms with van der Waals surface area (Å²) in [5.41, 5.74) is 1.25. The van der Waals surface area contributed by atoms with Gasteiger partial charge >= 0.3 is 0 Å². The summed E-state index contributed by atoms with van der Waals surface area (Å²) >= 11 is 3.41. The molecule has 12 heavy (non-hydrogen) atoms. The fourth-order valence-corrected chi connectivity index (χ4v) is 1.76. The standard InChI is InChI=1S/C9H10BrNO/c1-11-8-5-12-9-4-6(10)2-3-7(8)9/h2-4,8,11H,5H2,1H3/t8-/m1/s1. The molecule has 1 aromatic carbocycles. The topological polar surface area (TPSA) is 21.3 Å². The van der Waals surface area contributed by atoms with E-state index in [4.69, 9.17) is 4.74 Å². The fraction of sp³-hybridized carbons (Fsp3) is 0.333. The predicted octanol–water partition coefficient (Wildman–Crippen LogP) is 2.10. The first-order valence-electron chi connectivity index (χ1n) is 3.91. The van der Waals surface area contributed by atoms with Crippen LogP contribution < -0.4 is 10.1 Å². The minimum Gasteiger partial charge on any atom is -0.491 e. The molecule has 1 heterocycles. The van der Waals surface area contributed by atoms with Crippen molar-refractivity contribution in [3.8, 4) is 5.75 Å². The van der Waals surface area contributed by atoms with Gasteiger partial charge in [0.2, 0.25) is 0 Å². The molecule has 0 aromatic heterocycles. The molecule has 0 radical (unpaired) electrons. The first-order chi connectivity index (χ1) is 5.81. The van der Waals surface area contributed by atoms with Gasteiger partial charge in [0, 0.05) is 10.0 Å². The summed E-state index contributed by atoms with van der Waals surface area (Å²) in [6.07, 6.45) is 0. The first kappa shape index (κ1) is 8.08. The molecule has 1 aliphatic rings. The van der Waals surface area contributed by atoms with Gasteiger partial charge in [-0.3, -0.25) is 0 Å². The number of nitrogens with one attached hydrogen (secondary N) is 1. The highest BCUT2D eigenvalue weighted by Crippen LogP contribution is 2.33. The normalized spacial score (nSPS) is 20.3. The summed E-state index contributed by atoms with van der Waals surface area (Å²) in [5, 5.41) is 3.20. The number of likely N-dealkylation sites (N-methyl/N-ethyl adjacent to an activating group) is 1. The molecule has 2 rings (SSSR count). The zero-order valence-corrected chi connectivity index (χ0v) is 8.39. The van der Waals surface area contributed by atoms with Gasteiger partial charge in [-0.2, -0.15) is 0 Å². The lowest BCUT2D eigenvalue weighted by atomic mass is 10.1.